The molecule has 1 aliphatic rings. The van der Waals surface area contributed by atoms with E-state index in [1.807, 2.05) is 25.1 Å². The number of carbonyl (C=O) groups is 1. The number of nitrogens with one attached hydrogen (secondary N) is 1. The van der Waals surface area contributed by atoms with Crippen LogP contribution in [0.25, 0.3) is 0 Å². The van der Waals surface area contributed by atoms with Crippen LogP contribution in [0.3, 0.4) is 0 Å². The minimum absolute atomic E-state index is 0. The number of hydrogen-bond acceptors (Lipinski definition) is 4. The second kappa shape index (κ2) is 8.32. The van der Waals surface area contributed by atoms with Gasteiger partial charge < -0.3 is 20.5 Å². The molecular weight excluding hydrogens is 352 g/mol. The molecule has 0 radical (unpaired) electrons. The zero-order valence-corrected chi connectivity index (χ0v) is 16.1. The Kier molecular flexibility index (Phi) is 6.37. The summed E-state index contributed by atoms with van der Waals surface area (Å²) in [6.07, 6.45) is 2.95. The molecule has 3 N–H and O–H groups in total. The molecule has 0 aromatic heterocycles. The van der Waals surface area contributed by atoms with Crippen LogP contribution in [-0.2, 0) is 6.42 Å². The topological polar surface area (TPSA) is 73.6 Å². The van der Waals surface area contributed by atoms with Gasteiger partial charge in [-0.05, 0) is 61.6 Å². The van der Waals surface area contributed by atoms with Crippen LogP contribution < -0.4 is 20.5 Å². The van der Waals surface area contributed by atoms with Gasteiger partial charge in [-0.15, -0.1) is 12.4 Å². The van der Waals surface area contributed by atoms with Crippen molar-refractivity contribution in [2.75, 3.05) is 20.0 Å². The van der Waals surface area contributed by atoms with Crippen LogP contribution in [0.5, 0.6) is 11.5 Å². The predicted molar refractivity (Wildman–Crippen MR) is 106 cm³/mol. The van der Waals surface area contributed by atoms with Crippen LogP contribution in [0.15, 0.2) is 30.3 Å². The largest absolute Gasteiger partial charge is 0.496 e. The standard InChI is InChI=1S/C20H24N2O3.ClH/c1-12-18(24-2)10-14(11-19(12)25-3)20(23)22-17-6-4-5-13-9-15(21)7-8-16(13)17;/h7-11,17H,4-6,21H2,1-3H3,(H,22,23);1H. The SMILES string of the molecule is COc1cc(C(=O)NC2CCCc3cc(N)ccc32)cc(OC)c1C.Cl. The van der Waals surface area contributed by atoms with E-state index in [-0.39, 0.29) is 24.4 Å². The summed E-state index contributed by atoms with van der Waals surface area (Å²) in [6.45, 7) is 1.90. The molecule has 0 fully saturated rings. The van der Waals surface area contributed by atoms with Crippen LogP contribution in [-0.4, -0.2) is 20.1 Å². The fourth-order valence-electron chi connectivity index (χ4n) is 3.44. The predicted octanol–water partition coefficient (Wildman–Crippen LogP) is 3.82. The lowest BCUT2D eigenvalue weighted by Crippen LogP contribution is -2.31. The van der Waals surface area contributed by atoms with Crippen molar-refractivity contribution in [1.29, 1.82) is 0 Å². The Bertz CT molecular complexity index is 783. The number of amides is 1. The van der Waals surface area contributed by atoms with Crippen molar-refractivity contribution in [1.82, 2.24) is 5.32 Å². The number of rotatable bonds is 4. The van der Waals surface area contributed by atoms with Crippen molar-refractivity contribution in [2.45, 2.75) is 32.2 Å². The average molecular weight is 377 g/mol. The highest BCUT2D eigenvalue weighted by atomic mass is 35.5. The number of nitrogen functional groups attached to an aromatic ring is 1. The van der Waals surface area contributed by atoms with Gasteiger partial charge >= 0.3 is 0 Å². The number of benzene rings is 2. The molecule has 6 heteroatoms. The molecule has 0 saturated carbocycles. The Morgan fingerprint density at radius 3 is 2.42 bits per heavy atom. The molecule has 1 amide bonds. The smallest absolute Gasteiger partial charge is 0.252 e. The fourth-order valence-corrected chi connectivity index (χ4v) is 3.44. The summed E-state index contributed by atoms with van der Waals surface area (Å²) in [5.74, 6) is 1.15. The number of carbonyl (C=O) groups excluding carboxylic acids is 1. The van der Waals surface area contributed by atoms with Crippen LogP contribution in [0.4, 0.5) is 5.69 Å². The molecule has 2 aromatic carbocycles. The maximum Gasteiger partial charge on any atom is 0.252 e. The Balaban J connectivity index is 0.00000243. The zero-order valence-electron chi connectivity index (χ0n) is 15.3. The van der Waals surface area contributed by atoms with E-state index in [1.165, 1.54) is 5.56 Å². The molecule has 0 spiro atoms. The van der Waals surface area contributed by atoms with Gasteiger partial charge in [-0.25, -0.2) is 0 Å². The van der Waals surface area contributed by atoms with Gasteiger partial charge in [0.05, 0.1) is 20.3 Å². The second-order valence-corrected chi connectivity index (χ2v) is 6.38. The van der Waals surface area contributed by atoms with Gasteiger partial charge in [0.25, 0.3) is 5.91 Å². The van der Waals surface area contributed by atoms with Gasteiger partial charge in [-0.2, -0.15) is 0 Å². The Labute approximate surface area is 160 Å². The summed E-state index contributed by atoms with van der Waals surface area (Å²) in [7, 11) is 3.18. The van der Waals surface area contributed by atoms with Gasteiger partial charge in [0.1, 0.15) is 11.5 Å². The summed E-state index contributed by atoms with van der Waals surface area (Å²) in [5.41, 5.74) is 10.4. The average Bonchev–Trinajstić information content (AvgIpc) is 2.61. The Morgan fingerprint density at radius 2 is 1.81 bits per heavy atom. The highest BCUT2D eigenvalue weighted by Crippen LogP contribution is 2.33. The molecule has 0 bridgehead atoms. The lowest BCUT2D eigenvalue weighted by molar-refractivity contribution is 0.0932. The quantitative estimate of drug-likeness (QED) is 0.795. The molecule has 26 heavy (non-hydrogen) atoms. The fraction of sp³-hybridized carbons (Fsp3) is 0.350. The van der Waals surface area contributed by atoms with Gasteiger partial charge in [0.2, 0.25) is 0 Å². The first-order chi connectivity index (χ1) is 12.0. The normalized spacial score (nSPS) is 15.4. The summed E-state index contributed by atoms with van der Waals surface area (Å²) < 4.78 is 10.7. The highest BCUT2D eigenvalue weighted by molar-refractivity contribution is 5.95. The van der Waals surface area contributed by atoms with Gasteiger partial charge in [0, 0.05) is 16.8 Å². The number of methoxy groups -OCH3 is 2. The van der Waals surface area contributed by atoms with Gasteiger partial charge in [-0.3, -0.25) is 4.79 Å². The van der Waals surface area contributed by atoms with E-state index < -0.39 is 0 Å². The van der Waals surface area contributed by atoms with E-state index in [2.05, 4.69) is 5.32 Å². The number of hydrogen-bond donors (Lipinski definition) is 2. The van der Waals surface area contributed by atoms with Crippen molar-refractivity contribution in [3.8, 4) is 11.5 Å². The van der Waals surface area contributed by atoms with Crippen LogP contribution in [0, 0.1) is 6.92 Å². The third-order valence-corrected chi connectivity index (χ3v) is 4.80. The molecule has 140 valence electrons. The van der Waals surface area contributed by atoms with E-state index in [0.29, 0.717) is 17.1 Å². The summed E-state index contributed by atoms with van der Waals surface area (Å²) in [4.78, 5) is 12.8. The first-order valence-electron chi connectivity index (χ1n) is 8.45. The van der Waals surface area contributed by atoms with E-state index in [4.69, 9.17) is 15.2 Å². The van der Waals surface area contributed by atoms with Crippen molar-refractivity contribution in [3.05, 3.63) is 52.6 Å². The lowest BCUT2D eigenvalue weighted by atomic mass is 9.87. The van der Waals surface area contributed by atoms with Crippen LogP contribution in [0.1, 0.15) is 45.9 Å². The van der Waals surface area contributed by atoms with E-state index >= 15 is 0 Å². The summed E-state index contributed by atoms with van der Waals surface area (Å²) >= 11 is 0. The van der Waals surface area contributed by atoms with E-state index in [9.17, 15) is 4.79 Å². The van der Waals surface area contributed by atoms with Crippen LogP contribution in [0.2, 0.25) is 0 Å². The number of aryl methyl sites for hydroxylation is 1. The molecule has 0 saturated heterocycles. The Morgan fingerprint density at radius 1 is 1.15 bits per heavy atom. The molecule has 0 aliphatic heterocycles. The summed E-state index contributed by atoms with van der Waals surface area (Å²) in [6, 6.07) is 9.41. The third-order valence-electron chi connectivity index (χ3n) is 4.80. The number of halogens is 1. The molecule has 2 aromatic rings. The zero-order chi connectivity index (χ0) is 18.0. The molecule has 5 nitrogen and oxygen atoms in total. The molecule has 3 rings (SSSR count). The number of anilines is 1. The molecule has 1 atom stereocenters. The van der Waals surface area contributed by atoms with Gasteiger partial charge in [0.15, 0.2) is 0 Å². The minimum Gasteiger partial charge on any atom is -0.496 e. The van der Waals surface area contributed by atoms with Crippen molar-refractivity contribution < 1.29 is 14.3 Å². The van der Waals surface area contributed by atoms with Crippen LogP contribution >= 0.6 is 12.4 Å². The molecule has 1 aliphatic carbocycles. The Hall–Kier alpha value is -2.40. The maximum absolute atomic E-state index is 12.8. The first kappa shape index (κ1) is 19.9. The molecule has 1 unspecified atom stereocenters. The number of fused-ring (bicyclic) bond motifs is 1. The third kappa shape index (κ3) is 3.88. The molecule has 0 heterocycles. The molecular formula is C20H25ClN2O3. The second-order valence-electron chi connectivity index (χ2n) is 6.38. The van der Waals surface area contributed by atoms with Crippen molar-refractivity contribution >= 4 is 24.0 Å². The number of ether oxygens (including phenoxy) is 2. The van der Waals surface area contributed by atoms with Gasteiger partial charge in [-0.1, -0.05) is 6.07 Å². The first-order valence-corrected chi connectivity index (χ1v) is 8.45. The maximum atomic E-state index is 12.8. The monoisotopic (exact) mass is 376 g/mol. The van der Waals surface area contributed by atoms with E-state index in [1.54, 1.807) is 26.4 Å². The van der Waals surface area contributed by atoms with E-state index in [0.717, 1.165) is 36.1 Å². The van der Waals surface area contributed by atoms with Crippen molar-refractivity contribution in [3.63, 3.8) is 0 Å². The van der Waals surface area contributed by atoms with Crippen molar-refractivity contribution in [2.24, 2.45) is 0 Å². The number of nitrogens with two attached hydrogens (primary N) is 1. The highest BCUT2D eigenvalue weighted by Gasteiger charge is 2.23. The lowest BCUT2D eigenvalue weighted by Gasteiger charge is -2.27. The summed E-state index contributed by atoms with van der Waals surface area (Å²) in [5, 5.41) is 3.14. The minimum atomic E-state index is -0.133.